The zero-order valence-electron chi connectivity index (χ0n) is 7.13. The number of hydrogen-bond donors (Lipinski definition) is 1. The molecule has 1 aliphatic rings. The van der Waals surface area contributed by atoms with Gasteiger partial charge in [0.15, 0.2) is 0 Å². The summed E-state index contributed by atoms with van der Waals surface area (Å²) in [5.74, 6) is 0. The molecule has 1 atom stereocenters. The van der Waals surface area contributed by atoms with Crippen LogP contribution in [0.1, 0.15) is 35.6 Å². The van der Waals surface area contributed by atoms with E-state index in [0.717, 1.165) is 17.5 Å². The number of fused-ring (bicyclic) bond motifs is 1. The molecule has 0 amide bonds. The van der Waals surface area contributed by atoms with Crippen molar-refractivity contribution in [2.75, 3.05) is 0 Å². The molecule has 0 radical (unpaired) electrons. The first-order valence-electron chi connectivity index (χ1n) is 4.35. The monoisotopic (exact) mass is 183 g/mol. The Balaban J connectivity index is 2.51. The van der Waals surface area contributed by atoms with Crippen LogP contribution in [-0.4, -0.2) is 0 Å². The van der Waals surface area contributed by atoms with Gasteiger partial charge in [-0.25, -0.2) is 8.78 Å². The summed E-state index contributed by atoms with van der Waals surface area (Å²) >= 11 is 0. The SMILES string of the molecule is NC1CCc2c(C(F)F)cccc21. The summed E-state index contributed by atoms with van der Waals surface area (Å²) in [6.07, 6.45) is -0.893. The minimum absolute atomic E-state index is 0.0475. The van der Waals surface area contributed by atoms with Crippen LogP contribution in [0, 0.1) is 0 Å². The third-order valence-corrected chi connectivity index (χ3v) is 2.59. The van der Waals surface area contributed by atoms with E-state index in [2.05, 4.69) is 0 Å². The molecular weight excluding hydrogens is 172 g/mol. The molecule has 13 heavy (non-hydrogen) atoms. The van der Waals surface area contributed by atoms with E-state index in [1.54, 1.807) is 6.07 Å². The van der Waals surface area contributed by atoms with E-state index in [4.69, 9.17) is 5.73 Å². The minimum Gasteiger partial charge on any atom is -0.324 e. The molecular formula is C10H11F2N. The molecule has 1 aliphatic carbocycles. The van der Waals surface area contributed by atoms with Gasteiger partial charge >= 0.3 is 0 Å². The first kappa shape index (κ1) is 8.63. The summed E-state index contributed by atoms with van der Waals surface area (Å²) < 4.78 is 25.0. The molecule has 0 aliphatic heterocycles. The Hall–Kier alpha value is -0.960. The van der Waals surface area contributed by atoms with E-state index in [-0.39, 0.29) is 11.6 Å². The van der Waals surface area contributed by atoms with Gasteiger partial charge in [0, 0.05) is 11.6 Å². The average molecular weight is 183 g/mol. The molecule has 70 valence electrons. The second-order valence-corrected chi connectivity index (χ2v) is 3.36. The summed E-state index contributed by atoms with van der Waals surface area (Å²) in [5, 5.41) is 0. The molecule has 2 rings (SSSR count). The fourth-order valence-corrected chi connectivity index (χ4v) is 1.92. The first-order valence-corrected chi connectivity index (χ1v) is 4.35. The highest BCUT2D eigenvalue weighted by molar-refractivity contribution is 5.41. The van der Waals surface area contributed by atoms with Crippen LogP contribution in [0.2, 0.25) is 0 Å². The van der Waals surface area contributed by atoms with Crippen LogP contribution >= 0.6 is 0 Å². The molecule has 0 aromatic heterocycles. The fraction of sp³-hybridized carbons (Fsp3) is 0.400. The predicted octanol–water partition coefficient (Wildman–Crippen LogP) is 2.57. The molecule has 3 heteroatoms. The highest BCUT2D eigenvalue weighted by Crippen LogP contribution is 2.35. The molecule has 2 N–H and O–H groups in total. The van der Waals surface area contributed by atoms with E-state index in [1.165, 1.54) is 6.07 Å². The quantitative estimate of drug-likeness (QED) is 0.711. The van der Waals surface area contributed by atoms with Crippen molar-refractivity contribution < 1.29 is 8.78 Å². The molecule has 0 saturated carbocycles. The van der Waals surface area contributed by atoms with Crippen molar-refractivity contribution in [1.82, 2.24) is 0 Å². The molecule has 0 heterocycles. The lowest BCUT2D eigenvalue weighted by Crippen LogP contribution is -2.05. The van der Waals surface area contributed by atoms with Gasteiger partial charge in [0.2, 0.25) is 0 Å². The maximum absolute atomic E-state index is 12.5. The van der Waals surface area contributed by atoms with E-state index in [9.17, 15) is 8.78 Å². The molecule has 0 spiro atoms. The van der Waals surface area contributed by atoms with Crippen LogP contribution in [0.5, 0.6) is 0 Å². The fourth-order valence-electron chi connectivity index (χ4n) is 1.92. The molecule has 1 unspecified atom stereocenters. The highest BCUT2D eigenvalue weighted by atomic mass is 19.3. The van der Waals surface area contributed by atoms with E-state index >= 15 is 0 Å². The summed E-state index contributed by atoms with van der Waals surface area (Å²) in [7, 11) is 0. The lowest BCUT2D eigenvalue weighted by Gasteiger charge is -2.08. The van der Waals surface area contributed by atoms with Crippen LogP contribution in [-0.2, 0) is 6.42 Å². The van der Waals surface area contributed by atoms with Crippen molar-refractivity contribution in [3.8, 4) is 0 Å². The molecule has 1 aromatic carbocycles. The third-order valence-electron chi connectivity index (χ3n) is 2.59. The predicted molar refractivity (Wildman–Crippen MR) is 46.6 cm³/mol. The van der Waals surface area contributed by atoms with Gasteiger partial charge < -0.3 is 5.73 Å². The largest absolute Gasteiger partial charge is 0.324 e. The molecule has 0 bridgehead atoms. The Morgan fingerprint density at radius 2 is 2.15 bits per heavy atom. The molecule has 1 aromatic rings. The van der Waals surface area contributed by atoms with Gasteiger partial charge in [0.1, 0.15) is 0 Å². The zero-order valence-corrected chi connectivity index (χ0v) is 7.13. The first-order chi connectivity index (χ1) is 6.20. The Kier molecular flexibility index (Phi) is 2.04. The zero-order chi connectivity index (χ0) is 9.42. The Morgan fingerprint density at radius 1 is 1.38 bits per heavy atom. The standard InChI is InChI=1S/C10H11F2N/c11-10(12)8-3-1-2-7-6(8)4-5-9(7)13/h1-3,9-10H,4-5,13H2. The van der Waals surface area contributed by atoms with Gasteiger partial charge in [-0.15, -0.1) is 0 Å². The van der Waals surface area contributed by atoms with Crippen molar-refractivity contribution in [1.29, 1.82) is 0 Å². The number of hydrogen-bond acceptors (Lipinski definition) is 1. The van der Waals surface area contributed by atoms with Gasteiger partial charge in [0.25, 0.3) is 6.43 Å². The molecule has 0 fully saturated rings. The Bertz CT molecular complexity index is 323. The second kappa shape index (κ2) is 3.07. The van der Waals surface area contributed by atoms with Crippen molar-refractivity contribution in [3.63, 3.8) is 0 Å². The Labute approximate surface area is 75.6 Å². The minimum atomic E-state index is -2.37. The van der Waals surface area contributed by atoms with Gasteiger partial charge in [-0.2, -0.15) is 0 Å². The summed E-state index contributed by atoms with van der Waals surface area (Å²) in [4.78, 5) is 0. The molecule has 1 nitrogen and oxygen atoms in total. The van der Waals surface area contributed by atoms with Crippen LogP contribution in [0.15, 0.2) is 18.2 Å². The number of rotatable bonds is 1. The van der Waals surface area contributed by atoms with Gasteiger partial charge in [-0.3, -0.25) is 0 Å². The van der Waals surface area contributed by atoms with Crippen LogP contribution in [0.4, 0.5) is 8.78 Å². The highest BCUT2D eigenvalue weighted by Gasteiger charge is 2.24. The number of nitrogens with two attached hydrogens (primary N) is 1. The van der Waals surface area contributed by atoms with E-state index in [1.807, 2.05) is 6.07 Å². The number of halogens is 2. The van der Waals surface area contributed by atoms with E-state index in [0.29, 0.717) is 6.42 Å². The van der Waals surface area contributed by atoms with Gasteiger partial charge in [-0.1, -0.05) is 18.2 Å². The van der Waals surface area contributed by atoms with Gasteiger partial charge in [0.05, 0.1) is 0 Å². The van der Waals surface area contributed by atoms with Crippen molar-refractivity contribution in [3.05, 3.63) is 34.9 Å². The van der Waals surface area contributed by atoms with E-state index < -0.39 is 6.43 Å². The second-order valence-electron chi connectivity index (χ2n) is 3.36. The topological polar surface area (TPSA) is 26.0 Å². The van der Waals surface area contributed by atoms with Crippen LogP contribution < -0.4 is 5.73 Å². The average Bonchev–Trinajstić information content (AvgIpc) is 2.48. The number of alkyl halides is 2. The lowest BCUT2D eigenvalue weighted by atomic mass is 10.0. The maximum atomic E-state index is 12.5. The Morgan fingerprint density at radius 3 is 2.85 bits per heavy atom. The number of benzene rings is 1. The summed E-state index contributed by atoms with van der Waals surface area (Å²) in [5.41, 5.74) is 7.60. The summed E-state index contributed by atoms with van der Waals surface area (Å²) in [6.45, 7) is 0. The van der Waals surface area contributed by atoms with Crippen molar-refractivity contribution >= 4 is 0 Å². The van der Waals surface area contributed by atoms with Crippen molar-refractivity contribution in [2.24, 2.45) is 5.73 Å². The van der Waals surface area contributed by atoms with Crippen molar-refractivity contribution in [2.45, 2.75) is 25.3 Å². The van der Waals surface area contributed by atoms with Gasteiger partial charge in [-0.05, 0) is 24.0 Å². The summed E-state index contributed by atoms with van der Waals surface area (Å²) in [6, 6.07) is 4.94. The smallest absolute Gasteiger partial charge is 0.264 e. The lowest BCUT2D eigenvalue weighted by molar-refractivity contribution is 0.150. The maximum Gasteiger partial charge on any atom is 0.264 e. The van der Waals surface area contributed by atoms with Crippen LogP contribution in [0.25, 0.3) is 0 Å². The third kappa shape index (κ3) is 1.33. The van der Waals surface area contributed by atoms with Crippen LogP contribution in [0.3, 0.4) is 0 Å². The normalized spacial score (nSPS) is 20.8. The molecule has 0 saturated heterocycles.